The van der Waals surface area contributed by atoms with Crippen molar-refractivity contribution < 1.29 is 4.39 Å². The van der Waals surface area contributed by atoms with Crippen LogP contribution in [0.4, 0.5) is 4.39 Å². The van der Waals surface area contributed by atoms with Crippen molar-refractivity contribution in [2.45, 2.75) is 44.9 Å². The van der Waals surface area contributed by atoms with E-state index in [1.807, 2.05) is 12.1 Å². The third kappa shape index (κ3) is 3.38. The minimum atomic E-state index is -0.0944. The van der Waals surface area contributed by atoms with E-state index in [4.69, 9.17) is 5.73 Å². The molecule has 2 N–H and O–H groups in total. The highest BCUT2D eigenvalue weighted by Crippen LogP contribution is 2.43. The van der Waals surface area contributed by atoms with Crippen LogP contribution in [0, 0.1) is 17.7 Å². The van der Waals surface area contributed by atoms with E-state index < -0.39 is 0 Å². The fourth-order valence-corrected chi connectivity index (χ4v) is 3.84. The van der Waals surface area contributed by atoms with Crippen LogP contribution in [-0.4, -0.2) is 6.54 Å². The molecule has 0 saturated heterocycles. The number of nitrogens with two attached hydrogens (primary N) is 1. The van der Waals surface area contributed by atoms with Gasteiger partial charge in [0.15, 0.2) is 0 Å². The van der Waals surface area contributed by atoms with Gasteiger partial charge in [-0.1, -0.05) is 38.3 Å². The van der Waals surface area contributed by atoms with Gasteiger partial charge in [-0.15, -0.1) is 0 Å². The predicted octanol–water partition coefficient (Wildman–Crippen LogP) is 4.85. The van der Waals surface area contributed by atoms with Crippen molar-refractivity contribution >= 4 is 15.9 Å². The van der Waals surface area contributed by atoms with Crippen LogP contribution in [0.15, 0.2) is 22.7 Å². The first-order valence-corrected chi connectivity index (χ1v) is 8.10. The summed E-state index contributed by atoms with van der Waals surface area (Å²) in [6, 6.07) is 5.63. The predicted molar refractivity (Wildman–Crippen MR) is 81.6 cm³/mol. The van der Waals surface area contributed by atoms with Crippen molar-refractivity contribution in [3.8, 4) is 0 Å². The van der Waals surface area contributed by atoms with Crippen LogP contribution in [0.5, 0.6) is 0 Å². The molecule has 3 atom stereocenters. The molecule has 0 bridgehead atoms. The van der Waals surface area contributed by atoms with Crippen LogP contribution in [-0.2, 0) is 0 Å². The molecule has 1 aliphatic carbocycles. The van der Waals surface area contributed by atoms with Crippen molar-refractivity contribution in [2.75, 3.05) is 6.54 Å². The highest BCUT2D eigenvalue weighted by molar-refractivity contribution is 9.10. The zero-order valence-electron chi connectivity index (χ0n) is 11.5. The van der Waals surface area contributed by atoms with Gasteiger partial charge in [0.2, 0.25) is 0 Å². The van der Waals surface area contributed by atoms with Crippen molar-refractivity contribution in [2.24, 2.45) is 17.6 Å². The second-order valence-corrected chi connectivity index (χ2v) is 6.57. The average molecular weight is 328 g/mol. The molecule has 1 saturated carbocycles. The van der Waals surface area contributed by atoms with E-state index in [0.29, 0.717) is 16.9 Å². The number of halogens is 2. The number of hydrogen-bond donors (Lipinski definition) is 1. The third-order valence-electron chi connectivity index (χ3n) is 4.48. The standard InChI is InChI=1S/C16H23BrFN/c1-2-4-11-7-8-12(10-19)14(9-11)13-5-3-6-15(17)16(13)18/h3,5-6,11-12,14H,2,4,7-10,19H2,1H3. The van der Waals surface area contributed by atoms with Crippen LogP contribution in [0.3, 0.4) is 0 Å². The normalized spacial score (nSPS) is 27.5. The Hall–Kier alpha value is -0.410. The Balaban J connectivity index is 2.24. The van der Waals surface area contributed by atoms with E-state index in [1.54, 1.807) is 6.07 Å². The molecular formula is C16H23BrFN. The van der Waals surface area contributed by atoms with Crippen LogP contribution < -0.4 is 5.73 Å². The van der Waals surface area contributed by atoms with Gasteiger partial charge in [0, 0.05) is 0 Å². The van der Waals surface area contributed by atoms with Crippen LogP contribution >= 0.6 is 15.9 Å². The monoisotopic (exact) mass is 327 g/mol. The van der Waals surface area contributed by atoms with Crippen LogP contribution in [0.25, 0.3) is 0 Å². The summed E-state index contributed by atoms with van der Waals surface area (Å²) in [5.41, 5.74) is 6.76. The van der Waals surface area contributed by atoms with Gasteiger partial charge in [0.05, 0.1) is 4.47 Å². The average Bonchev–Trinajstić information content (AvgIpc) is 2.42. The summed E-state index contributed by atoms with van der Waals surface area (Å²) in [5, 5.41) is 0. The Morgan fingerprint density at radius 1 is 1.37 bits per heavy atom. The van der Waals surface area contributed by atoms with Gasteiger partial charge in [-0.2, -0.15) is 0 Å². The minimum Gasteiger partial charge on any atom is -0.330 e. The van der Waals surface area contributed by atoms with E-state index in [2.05, 4.69) is 22.9 Å². The molecule has 1 aromatic carbocycles. The molecule has 2 rings (SSSR count). The molecular weight excluding hydrogens is 305 g/mol. The number of hydrogen-bond acceptors (Lipinski definition) is 1. The van der Waals surface area contributed by atoms with Crippen LogP contribution in [0.1, 0.15) is 50.5 Å². The lowest BCUT2D eigenvalue weighted by atomic mass is 9.70. The first-order valence-electron chi connectivity index (χ1n) is 7.31. The largest absolute Gasteiger partial charge is 0.330 e. The summed E-state index contributed by atoms with van der Waals surface area (Å²) < 4.78 is 14.9. The summed E-state index contributed by atoms with van der Waals surface area (Å²) in [6.07, 6.45) is 5.94. The lowest BCUT2D eigenvalue weighted by Crippen LogP contribution is -2.29. The maximum Gasteiger partial charge on any atom is 0.140 e. The smallest absolute Gasteiger partial charge is 0.140 e. The van der Waals surface area contributed by atoms with Crippen molar-refractivity contribution in [1.82, 2.24) is 0 Å². The Kier molecular flexibility index (Phi) is 5.40. The van der Waals surface area contributed by atoms with E-state index >= 15 is 0 Å². The molecule has 1 fully saturated rings. The minimum absolute atomic E-state index is 0.0944. The highest BCUT2D eigenvalue weighted by atomic mass is 79.9. The maximum absolute atomic E-state index is 14.3. The van der Waals surface area contributed by atoms with E-state index in [0.717, 1.165) is 24.3 Å². The summed E-state index contributed by atoms with van der Waals surface area (Å²) in [4.78, 5) is 0. The molecule has 0 heterocycles. The highest BCUT2D eigenvalue weighted by Gasteiger charge is 2.32. The first-order chi connectivity index (χ1) is 9.17. The number of benzene rings is 1. The van der Waals surface area contributed by atoms with E-state index in [1.165, 1.54) is 19.3 Å². The molecule has 0 aromatic heterocycles. The second-order valence-electron chi connectivity index (χ2n) is 5.71. The SMILES string of the molecule is CCCC1CCC(CN)C(c2cccc(Br)c2F)C1. The summed E-state index contributed by atoms with van der Waals surface area (Å²) in [7, 11) is 0. The Bertz CT molecular complexity index is 421. The molecule has 106 valence electrons. The summed E-state index contributed by atoms with van der Waals surface area (Å²) >= 11 is 3.29. The third-order valence-corrected chi connectivity index (χ3v) is 5.10. The fourth-order valence-electron chi connectivity index (χ4n) is 3.46. The topological polar surface area (TPSA) is 26.0 Å². The van der Waals surface area contributed by atoms with Gasteiger partial charge >= 0.3 is 0 Å². The van der Waals surface area contributed by atoms with Gasteiger partial charge in [0.1, 0.15) is 5.82 Å². The van der Waals surface area contributed by atoms with Gasteiger partial charge in [-0.3, -0.25) is 0 Å². The first kappa shape index (κ1) is 15.0. The zero-order valence-corrected chi connectivity index (χ0v) is 13.1. The molecule has 0 aliphatic heterocycles. The molecule has 0 radical (unpaired) electrons. The molecule has 0 spiro atoms. The maximum atomic E-state index is 14.3. The zero-order chi connectivity index (χ0) is 13.8. The van der Waals surface area contributed by atoms with Crippen molar-refractivity contribution in [3.05, 3.63) is 34.1 Å². The van der Waals surface area contributed by atoms with Gasteiger partial charge in [-0.25, -0.2) is 4.39 Å². The second kappa shape index (κ2) is 6.85. The lowest BCUT2D eigenvalue weighted by molar-refractivity contribution is 0.226. The summed E-state index contributed by atoms with van der Waals surface area (Å²) in [5.74, 6) is 1.35. The van der Waals surface area contributed by atoms with Crippen molar-refractivity contribution in [3.63, 3.8) is 0 Å². The Morgan fingerprint density at radius 3 is 2.84 bits per heavy atom. The lowest BCUT2D eigenvalue weighted by Gasteiger charge is -2.36. The molecule has 3 heteroatoms. The molecule has 1 aliphatic rings. The fraction of sp³-hybridized carbons (Fsp3) is 0.625. The molecule has 0 amide bonds. The van der Waals surface area contributed by atoms with Gasteiger partial charge < -0.3 is 5.73 Å². The molecule has 19 heavy (non-hydrogen) atoms. The Labute approximate surface area is 123 Å². The van der Waals surface area contributed by atoms with E-state index in [-0.39, 0.29) is 11.7 Å². The van der Waals surface area contributed by atoms with Gasteiger partial charge in [-0.05, 0) is 64.7 Å². The van der Waals surface area contributed by atoms with Crippen molar-refractivity contribution in [1.29, 1.82) is 0 Å². The quantitative estimate of drug-likeness (QED) is 0.840. The summed E-state index contributed by atoms with van der Waals surface area (Å²) in [6.45, 7) is 2.89. The van der Waals surface area contributed by atoms with Gasteiger partial charge in [0.25, 0.3) is 0 Å². The molecule has 1 nitrogen and oxygen atoms in total. The number of rotatable bonds is 4. The van der Waals surface area contributed by atoms with E-state index in [9.17, 15) is 4.39 Å². The Morgan fingerprint density at radius 2 is 2.16 bits per heavy atom. The molecule has 1 aromatic rings. The van der Waals surface area contributed by atoms with Crippen LogP contribution in [0.2, 0.25) is 0 Å². The molecule has 3 unspecified atom stereocenters.